The Morgan fingerprint density at radius 3 is 1.71 bits per heavy atom. The SMILES string of the molecule is NC(=O)C(CCCCC(=O)NO)c1ccc(C(C(=O)Nc2cccc3cccnc23)C(=O)Nc2cccc3cccnc23)cc1. The van der Waals surface area contributed by atoms with Crippen LogP contribution in [0.15, 0.2) is 97.3 Å². The molecule has 0 fully saturated rings. The third kappa shape index (κ3) is 7.28. The summed E-state index contributed by atoms with van der Waals surface area (Å²) in [7, 11) is 0. The van der Waals surface area contributed by atoms with Crippen LogP contribution in [-0.2, 0) is 19.2 Å². The predicted molar refractivity (Wildman–Crippen MR) is 170 cm³/mol. The highest BCUT2D eigenvalue weighted by Crippen LogP contribution is 2.29. The van der Waals surface area contributed by atoms with Gasteiger partial charge >= 0.3 is 0 Å². The first-order chi connectivity index (χ1) is 21.9. The molecule has 0 saturated carbocycles. The maximum atomic E-state index is 13.9. The molecule has 3 aromatic carbocycles. The summed E-state index contributed by atoms with van der Waals surface area (Å²) < 4.78 is 0. The zero-order valence-electron chi connectivity index (χ0n) is 24.3. The molecule has 1 atom stereocenters. The molecule has 0 aliphatic rings. The number of hydroxylamine groups is 1. The second-order valence-corrected chi connectivity index (χ2v) is 10.6. The van der Waals surface area contributed by atoms with Gasteiger partial charge in [0, 0.05) is 29.6 Å². The molecule has 1 unspecified atom stereocenters. The summed E-state index contributed by atoms with van der Waals surface area (Å²) in [4.78, 5) is 60.2. The summed E-state index contributed by atoms with van der Waals surface area (Å²) in [5.74, 6) is -4.09. The number of anilines is 2. The summed E-state index contributed by atoms with van der Waals surface area (Å²) in [6, 6.07) is 24.8. The smallest absolute Gasteiger partial charge is 0.243 e. The Labute approximate surface area is 258 Å². The van der Waals surface area contributed by atoms with E-state index in [-0.39, 0.29) is 6.42 Å². The van der Waals surface area contributed by atoms with Crippen molar-refractivity contribution in [1.82, 2.24) is 15.4 Å². The van der Waals surface area contributed by atoms with E-state index in [4.69, 9.17) is 10.9 Å². The highest BCUT2D eigenvalue weighted by molar-refractivity contribution is 6.17. The van der Waals surface area contributed by atoms with Crippen LogP contribution in [0.2, 0.25) is 0 Å². The average molecular weight is 605 g/mol. The molecule has 0 radical (unpaired) electrons. The molecule has 228 valence electrons. The second kappa shape index (κ2) is 14.2. The number of hydrogen-bond acceptors (Lipinski definition) is 7. The van der Waals surface area contributed by atoms with E-state index in [1.165, 1.54) is 0 Å². The first-order valence-electron chi connectivity index (χ1n) is 14.5. The summed E-state index contributed by atoms with van der Waals surface area (Å²) in [6.45, 7) is 0. The van der Waals surface area contributed by atoms with Crippen LogP contribution in [0.25, 0.3) is 21.8 Å². The minimum atomic E-state index is -1.28. The van der Waals surface area contributed by atoms with E-state index in [1.807, 2.05) is 24.3 Å². The van der Waals surface area contributed by atoms with Crippen LogP contribution < -0.4 is 21.8 Å². The number of pyridine rings is 2. The van der Waals surface area contributed by atoms with E-state index in [1.54, 1.807) is 78.5 Å². The lowest BCUT2D eigenvalue weighted by Crippen LogP contribution is -2.32. The van der Waals surface area contributed by atoms with Crippen molar-refractivity contribution in [2.75, 3.05) is 10.6 Å². The Bertz CT molecular complexity index is 1760. The van der Waals surface area contributed by atoms with E-state index >= 15 is 0 Å². The van der Waals surface area contributed by atoms with Gasteiger partial charge in [-0.2, -0.15) is 0 Å². The van der Waals surface area contributed by atoms with Crippen molar-refractivity contribution >= 4 is 56.8 Å². The van der Waals surface area contributed by atoms with Crippen molar-refractivity contribution in [1.29, 1.82) is 0 Å². The standard InChI is InChI=1S/C34H32N6O5/c35-32(42)25(11-1-2-14-28(41)40-45)21-15-17-22(18-16-21)29(33(43)38-26-12-3-7-23-9-5-19-36-30(23)26)34(44)39-27-13-4-8-24-10-6-20-37-31(24)27/h3-10,12-13,15-20,25,29,45H,1-2,11,14H2,(H2,35,42)(H,38,43)(H,39,44)(H,40,41). The number of unbranched alkanes of at least 4 members (excludes halogenated alkanes) is 1. The minimum absolute atomic E-state index is 0.116. The minimum Gasteiger partial charge on any atom is -0.369 e. The summed E-state index contributed by atoms with van der Waals surface area (Å²) in [6.07, 6.45) is 4.75. The normalized spacial score (nSPS) is 11.7. The zero-order chi connectivity index (χ0) is 31.8. The largest absolute Gasteiger partial charge is 0.369 e. The summed E-state index contributed by atoms with van der Waals surface area (Å²) in [5.41, 5.74) is 10.4. The van der Waals surface area contributed by atoms with E-state index in [0.29, 0.717) is 52.8 Å². The van der Waals surface area contributed by atoms with Gasteiger partial charge < -0.3 is 16.4 Å². The van der Waals surface area contributed by atoms with Gasteiger partial charge in [0.05, 0.1) is 28.3 Å². The number of primary amides is 1. The molecule has 2 heterocycles. The van der Waals surface area contributed by atoms with Gasteiger partial charge in [0.1, 0.15) is 5.92 Å². The third-order valence-corrected chi connectivity index (χ3v) is 7.59. The summed E-state index contributed by atoms with van der Waals surface area (Å²) >= 11 is 0. The predicted octanol–water partition coefficient (Wildman–Crippen LogP) is 4.78. The fraction of sp³-hybridized carbons (Fsp3) is 0.176. The highest BCUT2D eigenvalue weighted by Gasteiger charge is 2.30. The molecule has 0 aliphatic carbocycles. The Kier molecular flexibility index (Phi) is 9.70. The number of aromatic nitrogens is 2. The molecule has 0 saturated heterocycles. The van der Waals surface area contributed by atoms with Gasteiger partial charge in [-0.3, -0.25) is 34.4 Å². The van der Waals surface area contributed by atoms with Gasteiger partial charge in [0.15, 0.2) is 0 Å². The van der Waals surface area contributed by atoms with Gasteiger partial charge in [-0.15, -0.1) is 0 Å². The molecule has 11 nitrogen and oxygen atoms in total. The zero-order valence-corrected chi connectivity index (χ0v) is 24.3. The molecule has 45 heavy (non-hydrogen) atoms. The van der Waals surface area contributed by atoms with Crippen LogP contribution in [0.4, 0.5) is 11.4 Å². The molecule has 4 amide bonds. The van der Waals surface area contributed by atoms with E-state index < -0.39 is 35.5 Å². The Morgan fingerprint density at radius 1 is 0.689 bits per heavy atom. The van der Waals surface area contributed by atoms with Crippen molar-refractivity contribution in [3.8, 4) is 0 Å². The number of benzene rings is 3. The Morgan fingerprint density at radius 2 is 1.20 bits per heavy atom. The van der Waals surface area contributed by atoms with Crippen LogP contribution in [0.1, 0.15) is 48.6 Å². The molecule has 0 aliphatic heterocycles. The topological polar surface area (TPSA) is 176 Å². The second-order valence-electron chi connectivity index (χ2n) is 10.6. The van der Waals surface area contributed by atoms with Crippen LogP contribution in [0.3, 0.4) is 0 Å². The number of nitrogens with zero attached hydrogens (tertiary/aromatic N) is 2. The van der Waals surface area contributed by atoms with Crippen LogP contribution >= 0.6 is 0 Å². The molecule has 0 bridgehead atoms. The molecule has 0 spiro atoms. The van der Waals surface area contributed by atoms with Crippen LogP contribution in [0, 0.1) is 0 Å². The first-order valence-corrected chi connectivity index (χ1v) is 14.5. The number of nitrogens with one attached hydrogen (secondary N) is 3. The van der Waals surface area contributed by atoms with E-state index in [0.717, 1.165) is 10.8 Å². The number of fused-ring (bicyclic) bond motifs is 2. The lowest BCUT2D eigenvalue weighted by Gasteiger charge is -2.20. The fourth-order valence-electron chi connectivity index (χ4n) is 5.33. The fourth-order valence-corrected chi connectivity index (χ4v) is 5.33. The Balaban J connectivity index is 1.43. The number of hydrogen-bond donors (Lipinski definition) is 5. The van der Waals surface area contributed by atoms with Crippen molar-refractivity contribution < 1.29 is 24.4 Å². The average Bonchev–Trinajstić information content (AvgIpc) is 3.05. The van der Waals surface area contributed by atoms with Crippen molar-refractivity contribution in [3.05, 3.63) is 108 Å². The maximum absolute atomic E-state index is 13.9. The van der Waals surface area contributed by atoms with Crippen molar-refractivity contribution in [3.63, 3.8) is 0 Å². The van der Waals surface area contributed by atoms with Crippen LogP contribution in [-0.4, -0.2) is 38.8 Å². The van der Waals surface area contributed by atoms with E-state index in [2.05, 4.69) is 20.6 Å². The third-order valence-electron chi connectivity index (χ3n) is 7.59. The number of carbonyl (C=O) groups excluding carboxylic acids is 4. The molecule has 6 N–H and O–H groups in total. The highest BCUT2D eigenvalue weighted by atomic mass is 16.5. The number of rotatable bonds is 12. The first kappa shape index (κ1) is 30.8. The molecule has 2 aromatic heterocycles. The monoisotopic (exact) mass is 604 g/mol. The number of carbonyl (C=O) groups is 4. The van der Waals surface area contributed by atoms with Crippen LogP contribution in [0.5, 0.6) is 0 Å². The molecule has 5 aromatic rings. The van der Waals surface area contributed by atoms with E-state index in [9.17, 15) is 19.2 Å². The quantitative estimate of drug-likeness (QED) is 0.0589. The van der Waals surface area contributed by atoms with Gasteiger partial charge in [-0.25, -0.2) is 5.48 Å². The lowest BCUT2D eigenvalue weighted by molar-refractivity contribution is -0.129. The molecular weight excluding hydrogens is 572 g/mol. The lowest BCUT2D eigenvalue weighted by atomic mass is 9.89. The molecule has 5 rings (SSSR count). The number of para-hydroxylation sites is 2. The number of amides is 4. The van der Waals surface area contributed by atoms with Gasteiger partial charge in [0.2, 0.25) is 23.6 Å². The summed E-state index contributed by atoms with van der Waals surface area (Å²) in [5, 5.41) is 16.1. The molecular formula is C34H32N6O5. The van der Waals surface area contributed by atoms with Crippen molar-refractivity contribution in [2.24, 2.45) is 5.73 Å². The maximum Gasteiger partial charge on any atom is 0.243 e. The number of nitrogens with two attached hydrogens (primary N) is 1. The molecule has 11 heteroatoms. The van der Waals surface area contributed by atoms with Crippen molar-refractivity contribution in [2.45, 2.75) is 37.5 Å². The van der Waals surface area contributed by atoms with Gasteiger partial charge in [-0.05, 0) is 48.2 Å². The van der Waals surface area contributed by atoms with Gasteiger partial charge in [-0.1, -0.05) is 67.1 Å². The Hall–Kier alpha value is -5.68. The van der Waals surface area contributed by atoms with Gasteiger partial charge in [0.25, 0.3) is 0 Å².